The van der Waals surface area contributed by atoms with Crippen molar-refractivity contribution >= 4 is 33.1 Å². The summed E-state index contributed by atoms with van der Waals surface area (Å²) in [5.74, 6) is -0.0597. The van der Waals surface area contributed by atoms with Gasteiger partial charge in [-0.05, 0) is 30.4 Å². The van der Waals surface area contributed by atoms with Crippen LogP contribution in [0.5, 0.6) is 0 Å². The number of carbonyl (C=O) groups is 1. The first kappa shape index (κ1) is 14.3. The third-order valence-corrected chi connectivity index (χ3v) is 5.66. The van der Waals surface area contributed by atoms with E-state index in [4.69, 9.17) is 5.73 Å². The second-order valence-corrected chi connectivity index (χ2v) is 7.51. The van der Waals surface area contributed by atoms with E-state index in [0.29, 0.717) is 10.6 Å². The summed E-state index contributed by atoms with van der Waals surface area (Å²) in [7, 11) is 0. The number of carbonyl (C=O) groups excluding carboxylic acids is 1. The Bertz CT molecular complexity index is 677. The second-order valence-electron chi connectivity index (χ2n) is 6.46. The summed E-state index contributed by atoms with van der Waals surface area (Å²) < 4.78 is 0.961. The maximum atomic E-state index is 12.6. The highest BCUT2D eigenvalue weighted by atomic mass is 32.1. The molecule has 1 amide bonds. The van der Waals surface area contributed by atoms with Crippen LogP contribution in [0, 0.1) is 5.41 Å². The van der Waals surface area contributed by atoms with Gasteiger partial charge >= 0.3 is 0 Å². The number of rotatable bonds is 2. The molecule has 0 aromatic carbocycles. The molecule has 0 aliphatic heterocycles. The van der Waals surface area contributed by atoms with Crippen LogP contribution in [0.4, 0.5) is 5.69 Å². The molecule has 4 nitrogen and oxygen atoms in total. The zero-order chi connectivity index (χ0) is 15.0. The van der Waals surface area contributed by atoms with Gasteiger partial charge in [-0.2, -0.15) is 0 Å². The molecule has 1 atom stereocenters. The smallest absolute Gasteiger partial charge is 0.263 e. The number of nitrogens with one attached hydrogen (secondary N) is 1. The van der Waals surface area contributed by atoms with Gasteiger partial charge in [0.25, 0.3) is 5.91 Å². The van der Waals surface area contributed by atoms with Gasteiger partial charge in [-0.1, -0.05) is 26.7 Å². The molecule has 0 bridgehead atoms. The fourth-order valence-electron chi connectivity index (χ4n) is 3.10. The van der Waals surface area contributed by atoms with Crippen LogP contribution < -0.4 is 11.1 Å². The number of amides is 1. The van der Waals surface area contributed by atoms with E-state index in [1.807, 2.05) is 12.1 Å². The molecule has 3 N–H and O–H groups in total. The third kappa shape index (κ3) is 2.62. The summed E-state index contributed by atoms with van der Waals surface area (Å²) >= 11 is 1.42. The van der Waals surface area contributed by atoms with Crippen LogP contribution in [0.15, 0.2) is 18.3 Å². The molecule has 112 valence electrons. The number of aromatic nitrogens is 1. The van der Waals surface area contributed by atoms with Crippen LogP contribution >= 0.6 is 11.3 Å². The van der Waals surface area contributed by atoms with Crippen LogP contribution in [0.2, 0.25) is 0 Å². The molecule has 3 rings (SSSR count). The van der Waals surface area contributed by atoms with Gasteiger partial charge in [0.15, 0.2) is 0 Å². The topological polar surface area (TPSA) is 68.0 Å². The van der Waals surface area contributed by atoms with Crippen LogP contribution in [0.3, 0.4) is 0 Å². The first-order chi connectivity index (χ1) is 9.99. The van der Waals surface area contributed by atoms with E-state index >= 15 is 0 Å². The summed E-state index contributed by atoms with van der Waals surface area (Å²) in [6.07, 6.45) is 6.33. The number of thiophene rings is 1. The Hall–Kier alpha value is -1.62. The van der Waals surface area contributed by atoms with Gasteiger partial charge in [0, 0.05) is 12.2 Å². The molecule has 21 heavy (non-hydrogen) atoms. The molecular formula is C16H21N3OS. The minimum atomic E-state index is -0.0597. The molecule has 1 saturated carbocycles. The lowest BCUT2D eigenvalue weighted by Crippen LogP contribution is -2.46. The fraction of sp³-hybridized carbons (Fsp3) is 0.500. The average Bonchev–Trinajstić information content (AvgIpc) is 2.79. The standard InChI is InChI=1S/C16H21N3OS/c1-16(2)8-4-3-7-11(16)19-15(20)14-12(17)13-10(21-14)6-5-9-18-13/h5-6,9,11H,3-4,7-8,17H2,1-2H3,(H,19,20). The number of nitrogens with zero attached hydrogens (tertiary/aromatic N) is 1. The Balaban J connectivity index is 1.85. The zero-order valence-corrected chi connectivity index (χ0v) is 13.3. The second kappa shape index (κ2) is 5.30. The summed E-state index contributed by atoms with van der Waals surface area (Å²) in [5, 5.41) is 3.19. The summed E-state index contributed by atoms with van der Waals surface area (Å²) in [6, 6.07) is 4.03. The van der Waals surface area contributed by atoms with Gasteiger partial charge < -0.3 is 11.1 Å². The van der Waals surface area contributed by atoms with Gasteiger partial charge in [0.2, 0.25) is 0 Å². The molecule has 1 aliphatic carbocycles. The van der Waals surface area contributed by atoms with E-state index in [1.165, 1.54) is 24.2 Å². The van der Waals surface area contributed by atoms with Crippen molar-refractivity contribution in [1.82, 2.24) is 10.3 Å². The van der Waals surface area contributed by atoms with E-state index in [2.05, 4.69) is 24.1 Å². The van der Waals surface area contributed by atoms with E-state index < -0.39 is 0 Å². The third-order valence-electron chi connectivity index (χ3n) is 4.50. The zero-order valence-electron chi connectivity index (χ0n) is 12.5. The van der Waals surface area contributed by atoms with E-state index in [0.717, 1.165) is 23.1 Å². The number of hydrogen-bond donors (Lipinski definition) is 2. The molecule has 1 fully saturated rings. The molecule has 1 aliphatic rings. The van der Waals surface area contributed by atoms with E-state index in [-0.39, 0.29) is 17.4 Å². The quantitative estimate of drug-likeness (QED) is 0.891. The SMILES string of the molecule is CC1(C)CCCCC1NC(=O)c1sc2cccnc2c1N. The van der Waals surface area contributed by atoms with Crippen LogP contribution in [-0.4, -0.2) is 16.9 Å². The normalized spacial score (nSPS) is 21.3. The maximum absolute atomic E-state index is 12.6. The number of nitrogens with two attached hydrogens (primary N) is 1. The lowest BCUT2D eigenvalue weighted by atomic mass is 9.73. The summed E-state index contributed by atoms with van der Waals surface area (Å²) in [5.41, 5.74) is 7.48. The van der Waals surface area contributed by atoms with Crippen molar-refractivity contribution in [2.45, 2.75) is 45.6 Å². The minimum absolute atomic E-state index is 0.0597. The highest BCUT2D eigenvalue weighted by Crippen LogP contribution is 2.37. The predicted molar refractivity (Wildman–Crippen MR) is 87.5 cm³/mol. The van der Waals surface area contributed by atoms with Crippen molar-refractivity contribution in [3.8, 4) is 0 Å². The largest absolute Gasteiger partial charge is 0.396 e. The van der Waals surface area contributed by atoms with Gasteiger partial charge in [0.1, 0.15) is 10.4 Å². The first-order valence-corrected chi connectivity index (χ1v) is 8.24. The number of anilines is 1. The monoisotopic (exact) mass is 303 g/mol. The predicted octanol–water partition coefficient (Wildman–Crippen LogP) is 3.58. The average molecular weight is 303 g/mol. The Morgan fingerprint density at radius 1 is 1.48 bits per heavy atom. The molecule has 2 heterocycles. The first-order valence-electron chi connectivity index (χ1n) is 7.43. The summed E-state index contributed by atoms with van der Waals surface area (Å²) in [6.45, 7) is 4.46. The lowest BCUT2D eigenvalue weighted by Gasteiger charge is -2.38. The van der Waals surface area contributed by atoms with Crippen molar-refractivity contribution < 1.29 is 4.79 Å². The van der Waals surface area contributed by atoms with Gasteiger partial charge in [-0.15, -0.1) is 11.3 Å². The molecule has 2 aromatic heterocycles. The number of hydrogen-bond acceptors (Lipinski definition) is 4. The number of pyridine rings is 1. The maximum Gasteiger partial charge on any atom is 0.263 e. The highest BCUT2D eigenvalue weighted by molar-refractivity contribution is 7.21. The number of fused-ring (bicyclic) bond motifs is 1. The van der Waals surface area contributed by atoms with Crippen molar-refractivity contribution in [1.29, 1.82) is 0 Å². The lowest BCUT2D eigenvalue weighted by molar-refractivity contribution is 0.0858. The van der Waals surface area contributed by atoms with Crippen molar-refractivity contribution in [2.75, 3.05) is 5.73 Å². The molecule has 0 spiro atoms. The molecule has 5 heteroatoms. The van der Waals surface area contributed by atoms with E-state index in [9.17, 15) is 4.79 Å². The highest BCUT2D eigenvalue weighted by Gasteiger charge is 2.34. The van der Waals surface area contributed by atoms with Crippen molar-refractivity contribution in [3.05, 3.63) is 23.2 Å². The molecule has 1 unspecified atom stereocenters. The Morgan fingerprint density at radius 2 is 2.29 bits per heavy atom. The fourth-order valence-corrected chi connectivity index (χ4v) is 4.09. The molecular weight excluding hydrogens is 282 g/mol. The van der Waals surface area contributed by atoms with E-state index in [1.54, 1.807) is 6.20 Å². The molecule has 2 aromatic rings. The van der Waals surface area contributed by atoms with Gasteiger partial charge in [-0.25, -0.2) is 0 Å². The van der Waals surface area contributed by atoms with Gasteiger partial charge in [-0.3, -0.25) is 9.78 Å². The Morgan fingerprint density at radius 3 is 3.00 bits per heavy atom. The Labute approximate surface area is 128 Å². The van der Waals surface area contributed by atoms with Crippen molar-refractivity contribution in [2.24, 2.45) is 5.41 Å². The molecule has 0 radical (unpaired) electrons. The van der Waals surface area contributed by atoms with Crippen LogP contribution in [0.25, 0.3) is 10.2 Å². The summed E-state index contributed by atoms with van der Waals surface area (Å²) in [4.78, 5) is 17.4. The Kier molecular flexibility index (Phi) is 3.61. The number of nitrogen functional groups attached to an aromatic ring is 1. The van der Waals surface area contributed by atoms with Crippen LogP contribution in [0.1, 0.15) is 49.2 Å². The van der Waals surface area contributed by atoms with Gasteiger partial charge in [0.05, 0.1) is 10.4 Å². The minimum Gasteiger partial charge on any atom is -0.396 e. The molecule has 0 saturated heterocycles. The van der Waals surface area contributed by atoms with Crippen molar-refractivity contribution in [3.63, 3.8) is 0 Å². The van der Waals surface area contributed by atoms with Crippen LogP contribution in [-0.2, 0) is 0 Å².